The normalized spacial score (nSPS) is 11.7. The van der Waals surface area contributed by atoms with Crippen LogP contribution in [-0.4, -0.2) is 29.5 Å². The van der Waals surface area contributed by atoms with Crippen LogP contribution < -0.4 is 15.4 Å². The summed E-state index contributed by atoms with van der Waals surface area (Å²) in [5.41, 5.74) is -1.44. The van der Waals surface area contributed by atoms with E-state index in [0.29, 0.717) is 10.8 Å². The summed E-state index contributed by atoms with van der Waals surface area (Å²) >= 11 is 5.80. The smallest absolute Gasteiger partial charge is 0.264 e. The molecule has 0 aliphatic carbocycles. The van der Waals surface area contributed by atoms with Crippen LogP contribution in [0.15, 0.2) is 24.3 Å². The molecule has 0 aliphatic heterocycles. The van der Waals surface area contributed by atoms with Crippen LogP contribution in [0.2, 0.25) is 5.02 Å². The number of benzene rings is 1. The highest BCUT2D eigenvalue weighted by Crippen LogP contribution is 2.20. The summed E-state index contributed by atoms with van der Waals surface area (Å²) in [5, 5.41) is 5.94. The van der Waals surface area contributed by atoms with Gasteiger partial charge in [0, 0.05) is 10.6 Å². The van der Waals surface area contributed by atoms with Crippen LogP contribution in [0.3, 0.4) is 0 Å². The van der Waals surface area contributed by atoms with E-state index in [-0.39, 0.29) is 23.9 Å². The Kier molecular flexibility index (Phi) is 5.83. The molecule has 1 aromatic carbocycles. The van der Waals surface area contributed by atoms with Gasteiger partial charge in [-0.05, 0) is 58.9 Å². The van der Waals surface area contributed by atoms with Gasteiger partial charge < -0.3 is 15.4 Å². The Labute approximate surface area is 136 Å². The fourth-order valence-corrected chi connectivity index (χ4v) is 1.81. The second-order valence-electron chi connectivity index (χ2n) is 6.55. The monoisotopic (exact) mass is 326 g/mol. The molecule has 22 heavy (non-hydrogen) atoms. The van der Waals surface area contributed by atoms with Crippen molar-refractivity contribution in [1.82, 2.24) is 10.6 Å². The maximum absolute atomic E-state index is 12.2. The van der Waals surface area contributed by atoms with E-state index in [0.717, 1.165) is 0 Å². The zero-order valence-electron chi connectivity index (χ0n) is 13.6. The first-order chi connectivity index (χ1) is 9.99. The van der Waals surface area contributed by atoms with Gasteiger partial charge in [-0.2, -0.15) is 0 Å². The molecule has 0 heterocycles. The third-order valence-corrected chi connectivity index (χ3v) is 2.91. The number of carbonyl (C=O) groups is 2. The van der Waals surface area contributed by atoms with E-state index in [1.54, 1.807) is 38.1 Å². The van der Waals surface area contributed by atoms with Crippen LogP contribution in [0, 0.1) is 0 Å². The molecule has 0 radical (unpaired) electrons. The number of hydrogen-bond donors (Lipinski definition) is 2. The minimum Gasteiger partial charge on any atom is -0.478 e. The molecule has 1 rings (SSSR count). The number of ether oxygens (including phenoxy) is 1. The summed E-state index contributed by atoms with van der Waals surface area (Å²) < 4.78 is 5.65. The lowest BCUT2D eigenvalue weighted by Crippen LogP contribution is -2.51. The van der Waals surface area contributed by atoms with Crippen molar-refractivity contribution in [3.05, 3.63) is 29.3 Å². The van der Waals surface area contributed by atoms with E-state index in [4.69, 9.17) is 16.3 Å². The number of carbonyl (C=O) groups excluding carboxylic acids is 2. The van der Waals surface area contributed by atoms with Crippen LogP contribution >= 0.6 is 11.6 Å². The SMILES string of the molecule is CC(C)(C)NC(=O)CNC(=O)C(C)(C)Oc1ccc(Cl)cc1. The van der Waals surface area contributed by atoms with Crippen molar-refractivity contribution in [1.29, 1.82) is 0 Å². The predicted molar refractivity (Wildman–Crippen MR) is 87.1 cm³/mol. The van der Waals surface area contributed by atoms with Gasteiger partial charge in [0.2, 0.25) is 5.91 Å². The maximum atomic E-state index is 12.2. The molecule has 0 unspecified atom stereocenters. The fraction of sp³-hybridized carbons (Fsp3) is 0.500. The number of amides is 2. The van der Waals surface area contributed by atoms with Crippen LogP contribution in [0.25, 0.3) is 0 Å². The summed E-state index contributed by atoms with van der Waals surface area (Å²) in [6, 6.07) is 6.73. The van der Waals surface area contributed by atoms with Gasteiger partial charge >= 0.3 is 0 Å². The number of hydrogen-bond acceptors (Lipinski definition) is 3. The van der Waals surface area contributed by atoms with Crippen molar-refractivity contribution >= 4 is 23.4 Å². The molecule has 0 aromatic heterocycles. The third kappa shape index (κ3) is 6.35. The Morgan fingerprint density at radius 2 is 1.64 bits per heavy atom. The highest BCUT2D eigenvalue weighted by Gasteiger charge is 2.30. The Morgan fingerprint density at radius 1 is 1.09 bits per heavy atom. The van der Waals surface area contributed by atoms with Crippen molar-refractivity contribution < 1.29 is 14.3 Å². The van der Waals surface area contributed by atoms with Crippen molar-refractivity contribution in [2.24, 2.45) is 0 Å². The minimum atomic E-state index is -1.10. The summed E-state index contributed by atoms with van der Waals surface area (Å²) in [5.74, 6) is -0.0849. The molecule has 1 aromatic rings. The molecule has 0 saturated carbocycles. The lowest BCUT2D eigenvalue weighted by molar-refractivity contribution is -0.136. The van der Waals surface area contributed by atoms with E-state index in [9.17, 15) is 9.59 Å². The van der Waals surface area contributed by atoms with Crippen LogP contribution in [-0.2, 0) is 9.59 Å². The van der Waals surface area contributed by atoms with Crippen molar-refractivity contribution in [3.63, 3.8) is 0 Å². The number of halogens is 1. The summed E-state index contributed by atoms with van der Waals surface area (Å²) in [6.45, 7) is 8.81. The van der Waals surface area contributed by atoms with Gasteiger partial charge in [-0.25, -0.2) is 0 Å². The number of rotatable bonds is 5. The molecule has 0 bridgehead atoms. The largest absolute Gasteiger partial charge is 0.478 e. The topological polar surface area (TPSA) is 67.4 Å². The molecule has 122 valence electrons. The first kappa shape index (κ1) is 18.3. The van der Waals surface area contributed by atoms with E-state index >= 15 is 0 Å². The van der Waals surface area contributed by atoms with Gasteiger partial charge in [0.05, 0.1) is 6.54 Å². The predicted octanol–water partition coefficient (Wildman–Crippen LogP) is 2.53. The molecular formula is C16H23ClN2O3. The van der Waals surface area contributed by atoms with E-state index < -0.39 is 5.60 Å². The highest BCUT2D eigenvalue weighted by molar-refractivity contribution is 6.30. The fourth-order valence-electron chi connectivity index (χ4n) is 1.68. The lowest BCUT2D eigenvalue weighted by atomic mass is 10.1. The molecular weight excluding hydrogens is 304 g/mol. The van der Waals surface area contributed by atoms with Crippen molar-refractivity contribution in [3.8, 4) is 5.75 Å². The first-order valence-corrected chi connectivity index (χ1v) is 7.41. The second-order valence-corrected chi connectivity index (χ2v) is 6.98. The van der Waals surface area contributed by atoms with Crippen LogP contribution in [0.4, 0.5) is 0 Å². The van der Waals surface area contributed by atoms with Crippen LogP contribution in [0.5, 0.6) is 5.75 Å². The van der Waals surface area contributed by atoms with E-state index in [2.05, 4.69) is 10.6 Å². The van der Waals surface area contributed by atoms with Crippen molar-refractivity contribution in [2.45, 2.75) is 45.8 Å². The molecule has 6 heteroatoms. The van der Waals surface area contributed by atoms with Gasteiger partial charge in [0.15, 0.2) is 5.60 Å². The molecule has 0 spiro atoms. The molecule has 0 saturated heterocycles. The van der Waals surface area contributed by atoms with E-state index in [1.807, 2.05) is 20.8 Å². The zero-order chi connectivity index (χ0) is 17.0. The molecule has 5 nitrogen and oxygen atoms in total. The Morgan fingerprint density at radius 3 is 2.14 bits per heavy atom. The summed E-state index contributed by atoms with van der Waals surface area (Å²) in [4.78, 5) is 23.9. The minimum absolute atomic E-state index is 0.0937. The molecule has 0 fully saturated rings. The van der Waals surface area contributed by atoms with E-state index in [1.165, 1.54) is 0 Å². The number of nitrogens with one attached hydrogen (secondary N) is 2. The zero-order valence-corrected chi connectivity index (χ0v) is 14.4. The van der Waals surface area contributed by atoms with Crippen LogP contribution in [0.1, 0.15) is 34.6 Å². The molecule has 2 N–H and O–H groups in total. The average molecular weight is 327 g/mol. The van der Waals surface area contributed by atoms with Gasteiger partial charge in [-0.3, -0.25) is 9.59 Å². The summed E-state index contributed by atoms with van der Waals surface area (Å²) in [7, 11) is 0. The Hall–Kier alpha value is -1.75. The molecule has 0 atom stereocenters. The standard InChI is InChI=1S/C16H23ClN2O3/c1-15(2,3)19-13(20)10-18-14(21)16(4,5)22-12-8-6-11(17)7-9-12/h6-9H,10H2,1-5H3,(H,18,21)(H,19,20). The van der Waals surface area contributed by atoms with Gasteiger partial charge in [0.1, 0.15) is 5.75 Å². The third-order valence-electron chi connectivity index (χ3n) is 2.66. The summed E-state index contributed by atoms with van der Waals surface area (Å²) in [6.07, 6.45) is 0. The average Bonchev–Trinajstić information content (AvgIpc) is 2.36. The quantitative estimate of drug-likeness (QED) is 0.873. The second kappa shape index (κ2) is 7.01. The first-order valence-electron chi connectivity index (χ1n) is 7.03. The van der Waals surface area contributed by atoms with Crippen molar-refractivity contribution in [2.75, 3.05) is 6.54 Å². The Bertz CT molecular complexity index is 533. The highest BCUT2D eigenvalue weighted by atomic mass is 35.5. The van der Waals surface area contributed by atoms with Gasteiger partial charge in [-0.1, -0.05) is 11.6 Å². The maximum Gasteiger partial charge on any atom is 0.264 e. The Balaban J connectivity index is 2.55. The van der Waals surface area contributed by atoms with Gasteiger partial charge in [-0.15, -0.1) is 0 Å². The van der Waals surface area contributed by atoms with Gasteiger partial charge in [0.25, 0.3) is 5.91 Å². The molecule has 2 amide bonds. The molecule has 0 aliphatic rings. The lowest BCUT2D eigenvalue weighted by Gasteiger charge is -2.26.